The van der Waals surface area contributed by atoms with Gasteiger partial charge in [0.2, 0.25) is 0 Å². The van der Waals surface area contributed by atoms with E-state index in [4.69, 9.17) is 27.4 Å². The Hall–Kier alpha value is -1.29. The molecule has 0 aliphatic heterocycles. The minimum Gasteiger partial charge on any atom is -0.493 e. The van der Waals surface area contributed by atoms with E-state index in [2.05, 4.69) is 13.8 Å². The average molecular weight is 267 g/mol. The van der Waals surface area contributed by atoms with Gasteiger partial charge in [0.05, 0.1) is 13.7 Å². The minimum absolute atomic E-state index is 0.361. The molecular weight excluding hydrogens is 246 g/mol. The Labute approximate surface area is 114 Å². The molecule has 1 aromatic carbocycles. The van der Waals surface area contributed by atoms with Crippen LogP contribution in [-0.4, -0.2) is 18.7 Å². The monoisotopic (exact) mass is 267 g/mol. The van der Waals surface area contributed by atoms with Gasteiger partial charge in [-0.3, -0.25) is 0 Å². The molecule has 100 valence electrons. The molecule has 0 radical (unpaired) electrons. The number of ether oxygens (including phenoxy) is 2. The molecule has 4 heteroatoms. The first-order valence-electron chi connectivity index (χ1n) is 6.22. The third-order valence-electron chi connectivity index (χ3n) is 3.08. The van der Waals surface area contributed by atoms with Gasteiger partial charge in [0, 0.05) is 5.56 Å². The summed E-state index contributed by atoms with van der Waals surface area (Å²) in [6.07, 6.45) is 2.23. The van der Waals surface area contributed by atoms with Crippen LogP contribution >= 0.6 is 12.2 Å². The Morgan fingerprint density at radius 2 is 1.94 bits per heavy atom. The fourth-order valence-corrected chi connectivity index (χ4v) is 1.80. The lowest BCUT2D eigenvalue weighted by molar-refractivity contribution is 0.230. The largest absolute Gasteiger partial charge is 0.493 e. The molecule has 0 amide bonds. The normalized spacial score (nSPS) is 10.4. The van der Waals surface area contributed by atoms with Gasteiger partial charge in [-0.05, 0) is 24.1 Å². The number of rotatable bonds is 7. The van der Waals surface area contributed by atoms with Crippen molar-refractivity contribution in [1.82, 2.24) is 0 Å². The molecule has 0 aliphatic carbocycles. The summed E-state index contributed by atoms with van der Waals surface area (Å²) in [5.41, 5.74) is 6.38. The van der Waals surface area contributed by atoms with Crippen molar-refractivity contribution in [3.8, 4) is 11.5 Å². The van der Waals surface area contributed by atoms with Crippen LogP contribution in [0.1, 0.15) is 32.3 Å². The number of benzene rings is 1. The third-order valence-corrected chi connectivity index (χ3v) is 3.31. The second kappa shape index (κ2) is 7.21. The Kier molecular flexibility index (Phi) is 5.92. The zero-order valence-corrected chi connectivity index (χ0v) is 12.0. The van der Waals surface area contributed by atoms with Gasteiger partial charge in [0.25, 0.3) is 0 Å². The molecule has 0 saturated heterocycles. The van der Waals surface area contributed by atoms with Crippen molar-refractivity contribution in [1.29, 1.82) is 0 Å². The summed E-state index contributed by atoms with van der Waals surface area (Å²) in [7, 11) is 1.61. The Morgan fingerprint density at radius 1 is 1.28 bits per heavy atom. The molecule has 3 nitrogen and oxygen atoms in total. The predicted molar refractivity (Wildman–Crippen MR) is 78.4 cm³/mol. The summed E-state index contributed by atoms with van der Waals surface area (Å²) in [6, 6.07) is 5.52. The van der Waals surface area contributed by atoms with Crippen LogP contribution in [0, 0.1) is 5.92 Å². The zero-order valence-electron chi connectivity index (χ0n) is 11.2. The first kappa shape index (κ1) is 14.8. The van der Waals surface area contributed by atoms with Crippen LogP contribution in [0.5, 0.6) is 11.5 Å². The van der Waals surface area contributed by atoms with Gasteiger partial charge in [-0.15, -0.1) is 0 Å². The van der Waals surface area contributed by atoms with E-state index in [9.17, 15) is 0 Å². The molecule has 18 heavy (non-hydrogen) atoms. The maximum atomic E-state index is 5.80. The highest BCUT2D eigenvalue weighted by Crippen LogP contribution is 2.28. The quantitative estimate of drug-likeness (QED) is 0.771. The van der Waals surface area contributed by atoms with E-state index in [-0.39, 0.29) is 0 Å². The van der Waals surface area contributed by atoms with Crippen molar-refractivity contribution in [2.45, 2.75) is 26.7 Å². The maximum Gasteiger partial charge on any atom is 0.161 e. The van der Waals surface area contributed by atoms with Crippen LogP contribution in [0.3, 0.4) is 0 Å². The summed E-state index contributed by atoms with van der Waals surface area (Å²) in [4.78, 5) is 0.361. The van der Waals surface area contributed by atoms with Gasteiger partial charge >= 0.3 is 0 Å². The molecule has 0 saturated carbocycles. The van der Waals surface area contributed by atoms with Crippen molar-refractivity contribution in [2.75, 3.05) is 13.7 Å². The summed E-state index contributed by atoms with van der Waals surface area (Å²) in [5, 5.41) is 0. The van der Waals surface area contributed by atoms with Crippen LogP contribution in [0.4, 0.5) is 0 Å². The molecule has 0 spiro atoms. The van der Waals surface area contributed by atoms with Gasteiger partial charge in [0.15, 0.2) is 11.5 Å². The van der Waals surface area contributed by atoms with Gasteiger partial charge in [-0.25, -0.2) is 0 Å². The summed E-state index contributed by atoms with van der Waals surface area (Å²) in [5.74, 6) is 1.99. The lowest BCUT2D eigenvalue weighted by atomic mass is 10.1. The number of thiocarbonyl (C=S) groups is 1. The van der Waals surface area contributed by atoms with Crippen LogP contribution in [0.15, 0.2) is 18.2 Å². The fourth-order valence-electron chi connectivity index (χ4n) is 1.67. The molecule has 0 aliphatic rings. The van der Waals surface area contributed by atoms with Crippen LogP contribution < -0.4 is 15.2 Å². The van der Waals surface area contributed by atoms with Crippen LogP contribution in [0.2, 0.25) is 0 Å². The first-order chi connectivity index (χ1) is 8.62. The van der Waals surface area contributed by atoms with Crippen LogP contribution in [-0.2, 0) is 0 Å². The first-order valence-corrected chi connectivity index (χ1v) is 6.63. The van der Waals surface area contributed by atoms with Crippen molar-refractivity contribution < 1.29 is 9.47 Å². The molecule has 1 rings (SSSR count). The van der Waals surface area contributed by atoms with E-state index in [1.807, 2.05) is 18.2 Å². The lowest BCUT2D eigenvalue weighted by Crippen LogP contribution is -2.12. The number of methoxy groups -OCH3 is 1. The van der Waals surface area contributed by atoms with Crippen molar-refractivity contribution in [3.63, 3.8) is 0 Å². The zero-order chi connectivity index (χ0) is 13.5. The van der Waals surface area contributed by atoms with E-state index in [1.165, 1.54) is 0 Å². The van der Waals surface area contributed by atoms with Gasteiger partial charge in [-0.1, -0.05) is 38.9 Å². The summed E-state index contributed by atoms with van der Waals surface area (Å²) < 4.78 is 11.1. The Balaban J connectivity index is 2.79. The van der Waals surface area contributed by atoms with Gasteiger partial charge in [0.1, 0.15) is 4.99 Å². The highest BCUT2D eigenvalue weighted by atomic mass is 32.1. The van der Waals surface area contributed by atoms with Crippen molar-refractivity contribution in [2.24, 2.45) is 11.7 Å². The van der Waals surface area contributed by atoms with E-state index < -0.39 is 0 Å². The summed E-state index contributed by atoms with van der Waals surface area (Å²) in [6.45, 7) is 5.05. The highest BCUT2D eigenvalue weighted by molar-refractivity contribution is 7.80. The van der Waals surface area contributed by atoms with Crippen LogP contribution in [0.25, 0.3) is 0 Å². The molecule has 0 unspecified atom stereocenters. The van der Waals surface area contributed by atoms with E-state index in [0.29, 0.717) is 23.3 Å². The molecule has 1 aromatic rings. The number of nitrogens with two attached hydrogens (primary N) is 1. The third kappa shape index (κ3) is 3.88. The van der Waals surface area contributed by atoms with E-state index in [0.717, 1.165) is 24.2 Å². The highest BCUT2D eigenvalue weighted by Gasteiger charge is 2.10. The molecule has 0 fully saturated rings. The second-order valence-corrected chi connectivity index (χ2v) is 4.66. The minimum atomic E-state index is 0.361. The number of hydrogen-bond acceptors (Lipinski definition) is 3. The number of hydrogen-bond donors (Lipinski definition) is 1. The Bertz CT molecular complexity index is 403. The van der Waals surface area contributed by atoms with Crippen molar-refractivity contribution in [3.05, 3.63) is 23.8 Å². The van der Waals surface area contributed by atoms with Gasteiger partial charge < -0.3 is 15.2 Å². The standard InChI is InChI=1S/C14H21NO2S/c1-4-10(5-2)9-17-12-7-6-11(14(15)18)8-13(12)16-3/h6-8,10H,4-5,9H2,1-3H3,(H2,15,18). The molecule has 0 bridgehead atoms. The molecule has 2 N–H and O–H groups in total. The maximum absolute atomic E-state index is 5.80. The fraction of sp³-hybridized carbons (Fsp3) is 0.500. The average Bonchev–Trinajstić information content (AvgIpc) is 2.39. The molecule has 0 heterocycles. The van der Waals surface area contributed by atoms with Crippen molar-refractivity contribution >= 4 is 17.2 Å². The topological polar surface area (TPSA) is 44.5 Å². The van der Waals surface area contributed by atoms with E-state index in [1.54, 1.807) is 7.11 Å². The lowest BCUT2D eigenvalue weighted by Gasteiger charge is -2.16. The smallest absolute Gasteiger partial charge is 0.161 e. The van der Waals surface area contributed by atoms with Gasteiger partial charge in [-0.2, -0.15) is 0 Å². The summed E-state index contributed by atoms with van der Waals surface area (Å²) >= 11 is 4.94. The predicted octanol–water partition coefficient (Wildman–Crippen LogP) is 3.14. The SMILES string of the molecule is CCC(CC)COc1ccc(C(N)=S)cc1OC. The second-order valence-electron chi connectivity index (χ2n) is 4.22. The molecule has 0 aromatic heterocycles. The van der Waals surface area contributed by atoms with E-state index >= 15 is 0 Å². The Morgan fingerprint density at radius 3 is 2.44 bits per heavy atom. The molecular formula is C14H21NO2S. The molecule has 0 atom stereocenters.